The maximum absolute atomic E-state index is 12.8. The Bertz CT molecular complexity index is 899. The largest absolute Gasteiger partial charge is 0.455 e. The zero-order valence-corrected chi connectivity index (χ0v) is 17.4. The first kappa shape index (κ1) is 22.9. The number of rotatable bonds is 8. The lowest BCUT2D eigenvalue weighted by Crippen LogP contribution is -2.26. The lowest BCUT2D eigenvalue weighted by Gasteiger charge is -2.12. The van der Waals surface area contributed by atoms with Crippen LogP contribution < -0.4 is 10.6 Å². The molecule has 0 saturated carbocycles. The second-order valence-electron chi connectivity index (χ2n) is 5.65. The maximum Gasteiger partial charge on any atom is 0.319 e. The van der Waals surface area contributed by atoms with Crippen molar-refractivity contribution in [3.63, 3.8) is 0 Å². The molecule has 7 nitrogen and oxygen atoms in total. The molecule has 11 heteroatoms. The fourth-order valence-corrected chi connectivity index (χ4v) is 3.03. The molecule has 29 heavy (non-hydrogen) atoms. The highest BCUT2D eigenvalue weighted by Crippen LogP contribution is 2.22. The molecule has 1 heterocycles. The Morgan fingerprint density at radius 2 is 1.86 bits per heavy atom. The van der Waals surface area contributed by atoms with Gasteiger partial charge in [0.1, 0.15) is 11.1 Å². The van der Waals surface area contributed by atoms with Gasteiger partial charge < -0.3 is 15.4 Å². The van der Waals surface area contributed by atoms with Gasteiger partial charge in [-0.15, -0.1) is 11.8 Å². The van der Waals surface area contributed by atoms with Gasteiger partial charge in [-0.1, -0.05) is 23.2 Å². The van der Waals surface area contributed by atoms with Gasteiger partial charge in [0.2, 0.25) is 5.91 Å². The number of thioether (sulfide) groups is 1. The molecule has 2 amide bonds. The quantitative estimate of drug-likeness (QED) is 0.583. The topological polar surface area (TPSA) is 97.4 Å². The van der Waals surface area contributed by atoms with Gasteiger partial charge in [0.15, 0.2) is 12.4 Å². The van der Waals surface area contributed by atoms with E-state index in [0.717, 1.165) is 11.8 Å². The summed E-state index contributed by atoms with van der Waals surface area (Å²) in [6.07, 6.45) is 1.31. The summed E-state index contributed by atoms with van der Waals surface area (Å²) >= 11 is 12.6. The van der Waals surface area contributed by atoms with Gasteiger partial charge in [-0.05, 0) is 37.3 Å². The van der Waals surface area contributed by atoms with Crippen molar-refractivity contribution in [2.24, 2.45) is 0 Å². The van der Waals surface area contributed by atoms with E-state index < -0.39 is 29.6 Å². The first-order valence-electron chi connectivity index (χ1n) is 8.19. The SMILES string of the molecule is C[C@@H](SCC(=O)Nc1ccc(F)cc1)C(=O)OCC(=O)Nc1ncc(Cl)cc1Cl. The average Bonchev–Trinajstić information content (AvgIpc) is 2.68. The van der Waals surface area contributed by atoms with Crippen LogP contribution >= 0.6 is 35.0 Å². The lowest BCUT2D eigenvalue weighted by molar-refractivity contribution is -0.146. The summed E-state index contributed by atoms with van der Waals surface area (Å²) in [4.78, 5) is 39.6. The fraction of sp³-hybridized carbons (Fsp3) is 0.222. The number of amides is 2. The standard InChI is InChI=1S/C18H16Cl2FN3O4S/c1-10(29-9-16(26)23-13-4-2-12(21)3-5-13)18(27)28-8-15(25)24-17-14(20)6-11(19)7-22-17/h2-7,10H,8-9H2,1H3,(H,23,26)(H,22,24,25)/t10-/m1/s1. The molecule has 0 fully saturated rings. The maximum atomic E-state index is 12.8. The molecule has 0 aliphatic heterocycles. The first-order valence-corrected chi connectivity index (χ1v) is 9.99. The van der Waals surface area contributed by atoms with E-state index >= 15 is 0 Å². The molecular formula is C18H16Cl2FN3O4S. The number of nitrogens with one attached hydrogen (secondary N) is 2. The van der Waals surface area contributed by atoms with Gasteiger partial charge in [0.05, 0.1) is 15.8 Å². The number of benzene rings is 1. The molecule has 1 aromatic heterocycles. The summed E-state index contributed by atoms with van der Waals surface area (Å²) in [7, 11) is 0. The average molecular weight is 460 g/mol. The number of pyridine rings is 1. The Morgan fingerprint density at radius 1 is 1.17 bits per heavy atom. The van der Waals surface area contributed by atoms with E-state index in [0.29, 0.717) is 10.7 Å². The molecular weight excluding hydrogens is 444 g/mol. The lowest BCUT2D eigenvalue weighted by atomic mass is 10.3. The Morgan fingerprint density at radius 3 is 2.52 bits per heavy atom. The van der Waals surface area contributed by atoms with Crippen molar-refractivity contribution in [3.05, 3.63) is 52.4 Å². The van der Waals surface area contributed by atoms with Crippen molar-refractivity contribution < 1.29 is 23.5 Å². The van der Waals surface area contributed by atoms with Gasteiger partial charge in [-0.3, -0.25) is 14.4 Å². The Hall–Kier alpha value is -2.36. The van der Waals surface area contributed by atoms with Crippen LogP contribution in [-0.2, 0) is 19.1 Å². The number of hydrogen-bond acceptors (Lipinski definition) is 6. The van der Waals surface area contributed by atoms with Crippen LogP contribution in [0.5, 0.6) is 0 Å². The third-order valence-electron chi connectivity index (χ3n) is 3.34. The minimum atomic E-state index is -0.681. The van der Waals surface area contributed by atoms with Crippen molar-refractivity contribution in [1.82, 2.24) is 4.98 Å². The molecule has 0 aliphatic rings. The number of halogens is 3. The zero-order chi connectivity index (χ0) is 21.4. The fourth-order valence-electron chi connectivity index (χ4n) is 1.93. The smallest absolute Gasteiger partial charge is 0.319 e. The van der Waals surface area contributed by atoms with E-state index in [9.17, 15) is 18.8 Å². The first-order chi connectivity index (χ1) is 13.7. The molecule has 1 aromatic carbocycles. The third-order valence-corrected chi connectivity index (χ3v) is 4.95. The number of aromatic nitrogens is 1. The number of hydrogen-bond donors (Lipinski definition) is 2. The van der Waals surface area contributed by atoms with Crippen molar-refractivity contribution >= 4 is 64.3 Å². The Labute approximate surface area is 180 Å². The van der Waals surface area contributed by atoms with Gasteiger partial charge in [0, 0.05) is 11.9 Å². The van der Waals surface area contributed by atoms with E-state index in [1.54, 1.807) is 6.92 Å². The summed E-state index contributed by atoms with van der Waals surface area (Å²) in [6.45, 7) is 1.01. The number of esters is 1. The molecule has 0 aliphatic carbocycles. The molecule has 0 unspecified atom stereocenters. The summed E-state index contributed by atoms with van der Waals surface area (Å²) < 4.78 is 17.8. The van der Waals surface area contributed by atoms with Crippen LogP contribution in [-0.4, -0.2) is 40.4 Å². The highest BCUT2D eigenvalue weighted by atomic mass is 35.5. The van der Waals surface area contributed by atoms with Crippen LogP contribution in [0.15, 0.2) is 36.5 Å². The third kappa shape index (κ3) is 7.88. The van der Waals surface area contributed by atoms with Gasteiger partial charge >= 0.3 is 5.97 Å². The summed E-state index contributed by atoms with van der Waals surface area (Å²) in [5.41, 5.74) is 0.443. The summed E-state index contributed by atoms with van der Waals surface area (Å²) in [5.74, 6) is -1.98. The van der Waals surface area contributed by atoms with Gasteiger partial charge in [-0.25, -0.2) is 9.37 Å². The second-order valence-corrected chi connectivity index (χ2v) is 7.82. The summed E-state index contributed by atoms with van der Waals surface area (Å²) in [6, 6.07) is 6.71. The van der Waals surface area contributed by atoms with Crippen molar-refractivity contribution in [3.8, 4) is 0 Å². The van der Waals surface area contributed by atoms with E-state index in [4.69, 9.17) is 27.9 Å². The van der Waals surface area contributed by atoms with Crippen molar-refractivity contribution in [2.75, 3.05) is 23.0 Å². The van der Waals surface area contributed by atoms with E-state index in [-0.39, 0.29) is 22.5 Å². The van der Waals surface area contributed by atoms with E-state index in [1.807, 2.05) is 0 Å². The molecule has 2 rings (SSSR count). The molecule has 2 N–H and O–H groups in total. The van der Waals surface area contributed by atoms with E-state index in [2.05, 4.69) is 15.6 Å². The highest BCUT2D eigenvalue weighted by Gasteiger charge is 2.18. The number of carbonyl (C=O) groups is 3. The van der Waals surface area contributed by atoms with Crippen LogP contribution in [0.4, 0.5) is 15.9 Å². The van der Waals surface area contributed by atoms with Crippen LogP contribution in [0, 0.1) is 5.82 Å². The number of nitrogens with zero attached hydrogens (tertiary/aromatic N) is 1. The van der Waals surface area contributed by atoms with E-state index in [1.165, 1.54) is 36.5 Å². The molecule has 0 bridgehead atoms. The van der Waals surface area contributed by atoms with Crippen LogP contribution in [0.1, 0.15) is 6.92 Å². The predicted molar refractivity (Wildman–Crippen MR) is 111 cm³/mol. The predicted octanol–water partition coefficient (Wildman–Crippen LogP) is 3.77. The van der Waals surface area contributed by atoms with Crippen LogP contribution in [0.2, 0.25) is 10.0 Å². The van der Waals surface area contributed by atoms with Crippen molar-refractivity contribution in [2.45, 2.75) is 12.2 Å². The number of anilines is 2. The molecule has 1 atom stereocenters. The second kappa shape index (κ2) is 11.0. The molecule has 0 spiro atoms. The Kier molecular flexibility index (Phi) is 8.69. The molecule has 154 valence electrons. The molecule has 0 saturated heterocycles. The van der Waals surface area contributed by atoms with Gasteiger partial charge in [0.25, 0.3) is 5.91 Å². The minimum Gasteiger partial charge on any atom is -0.455 e. The van der Waals surface area contributed by atoms with Crippen LogP contribution in [0.25, 0.3) is 0 Å². The molecule has 2 aromatic rings. The molecule has 0 radical (unpaired) electrons. The number of ether oxygens (including phenoxy) is 1. The normalized spacial score (nSPS) is 11.4. The number of carbonyl (C=O) groups excluding carboxylic acids is 3. The Balaban J connectivity index is 1.71. The van der Waals surface area contributed by atoms with Gasteiger partial charge in [-0.2, -0.15) is 0 Å². The van der Waals surface area contributed by atoms with Crippen LogP contribution in [0.3, 0.4) is 0 Å². The highest BCUT2D eigenvalue weighted by molar-refractivity contribution is 8.01. The monoisotopic (exact) mass is 459 g/mol. The zero-order valence-electron chi connectivity index (χ0n) is 15.1. The summed E-state index contributed by atoms with van der Waals surface area (Å²) in [5, 5.41) is 4.76. The minimum absolute atomic E-state index is 0.0237. The van der Waals surface area contributed by atoms with Crippen molar-refractivity contribution in [1.29, 1.82) is 0 Å².